The zero-order valence-electron chi connectivity index (χ0n) is 11.2. The largest absolute Gasteiger partial charge is 0.477 e. The van der Waals surface area contributed by atoms with Gasteiger partial charge in [-0.25, -0.2) is 4.79 Å². The Balaban J connectivity index is 1.92. The number of thiophene rings is 1. The molecule has 1 aliphatic rings. The molecule has 1 saturated carbocycles. The topological polar surface area (TPSA) is 66.4 Å². The molecule has 0 aliphatic heterocycles. The number of rotatable bonds is 3. The van der Waals surface area contributed by atoms with Crippen molar-refractivity contribution in [2.45, 2.75) is 45.6 Å². The van der Waals surface area contributed by atoms with E-state index in [0.29, 0.717) is 10.3 Å². The first-order chi connectivity index (χ1) is 8.87. The van der Waals surface area contributed by atoms with Gasteiger partial charge in [-0.05, 0) is 43.2 Å². The van der Waals surface area contributed by atoms with Crippen LogP contribution in [0.4, 0.5) is 0 Å². The van der Waals surface area contributed by atoms with Crippen molar-refractivity contribution in [3.63, 3.8) is 0 Å². The van der Waals surface area contributed by atoms with Gasteiger partial charge in [0.2, 0.25) is 0 Å². The maximum absolute atomic E-state index is 12.0. The molecule has 0 atom stereocenters. The summed E-state index contributed by atoms with van der Waals surface area (Å²) in [6.07, 6.45) is 4.22. The van der Waals surface area contributed by atoms with E-state index in [0.717, 1.165) is 37.0 Å². The molecule has 104 valence electrons. The van der Waals surface area contributed by atoms with Gasteiger partial charge in [0, 0.05) is 6.04 Å². The maximum atomic E-state index is 12.0. The predicted molar refractivity (Wildman–Crippen MR) is 74.8 cm³/mol. The minimum Gasteiger partial charge on any atom is -0.477 e. The predicted octanol–water partition coefficient (Wildman–Crippen LogP) is 3.14. The summed E-state index contributed by atoms with van der Waals surface area (Å²) in [7, 11) is 0. The molecule has 1 aromatic rings. The van der Waals surface area contributed by atoms with Crippen molar-refractivity contribution in [2.24, 2.45) is 5.41 Å². The van der Waals surface area contributed by atoms with Crippen molar-refractivity contribution in [2.75, 3.05) is 0 Å². The molecule has 4 nitrogen and oxygen atoms in total. The van der Waals surface area contributed by atoms with Crippen LogP contribution in [0.15, 0.2) is 12.1 Å². The van der Waals surface area contributed by atoms with E-state index >= 15 is 0 Å². The third-order valence-corrected chi connectivity index (χ3v) is 4.79. The van der Waals surface area contributed by atoms with E-state index in [1.807, 2.05) is 0 Å². The number of aromatic carboxylic acids is 1. The third kappa shape index (κ3) is 3.56. The fourth-order valence-electron chi connectivity index (χ4n) is 2.37. The molecule has 0 aromatic carbocycles. The van der Waals surface area contributed by atoms with E-state index in [2.05, 4.69) is 19.2 Å². The summed E-state index contributed by atoms with van der Waals surface area (Å²) in [5.41, 5.74) is 0.376. The molecule has 2 rings (SSSR count). The lowest BCUT2D eigenvalue weighted by molar-refractivity contribution is 0.0702. The molecular weight excluding hydrogens is 262 g/mol. The highest BCUT2D eigenvalue weighted by Crippen LogP contribution is 2.35. The van der Waals surface area contributed by atoms with Gasteiger partial charge in [0.15, 0.2) is 0 Å². The summed E-state index contributed by atoms with van der Waals surface area (Å²) < 4.78 is 0. The van der Waals surface area contributed by atoms with Gasteiger partial charge in [0.1, 0.15) is 4.88 Å². The van der Waals surface area contributed by atoms with Gasteiger partial charge in [0.25, 0.3) is 5.91 Å². The fraction of sp³-hybridized carbons (Fsp3) is 0.571. The zero-order chi connectivity index (χ0) is 14.0. The lowest BCUT2D eigenvalue weighted by Crippen LogP contribution is -2.38. The van der Waals surface area contributed by atoms with Crippen molar-refractivity contribution >= 4 is 23.2 Å². The van der Waals surface area contributed by atoms with E-state index < -0.39 is 5.97 Å². The second kappa shape index (κ2) is 5.33. The molecule has 0 unspecified atom stereocenters. The SMILES string of the molecule is CC1(C)CCC(NC(=O)c2ccc(C(=O)O)s2)CC1. The maximum Gasteiger partial charge on any atom is 0.345 e. The molecule has 19 heavy (non-hydrogen) atoms. The monoisotopic (exact) mass is 281 g/mol. The first-order valence-electron chi connectivity index (χ1n) is 6.51. The molecule has 5 heteroatoms. The number of carbonyl (C=O) groups is 2. The number of carbonyl (C=O) groups excluding carboxylic acids is 1. The van der Waals surface area contributed by atoms with Crippen LogP contribution >= 0.6 is 11.3 Å². The fourth-order valence-corrected chi connectivity index (χ4v) is 3.12. The van der Waals surface area contributed by atoms with Crippen LogP contribution in [0.2, 0.25) is 0 Å². The normalized spacial score (nSPS) is 19.1. The summed E-state index contributed by atoms with van der Waals surface area (Å²) in [4.78, 5) is 23.5. The average molecular weight is 281 g/mol. The number of hydrogen-bond donors (Lipinski definition) is 2. The Kier molecular flexibility index (Phi) is 3.94. The highest BCUT2D eigenvalue weighted by molar-refractivity contribution is 7.15. The van der Waals surface area contributed by atoms with Crippen molar-refractivity contribution < 1.29 is 14.7 Å². The lowest BCUT2D eigenvalue weighted by Gasteiger charge is -2.34. The summed E-state index contributed by atoms with van der Waals surface area (Å²) >= 11 is 1.03. The first-order valence-corrected chi connectivity index (χ1v) is 7.33. The van der Waals surface area contributed by atoms with Gasteiger partial charge in [0.05, 0.1) is 4.88 Å². The van der Waals surface area contributed by atoms with Crippen LogP contribution in [0.5, 0.6) is 0 Å². The van der Waals surface area contributed by atoms with Crippen LogP contribution in [0, 0.1) is 5.41 Å². The van der Waals surface area contributed by atoms with E-state index in [1.165, 1.54) is 6.07 Å². The molecule has 1 aliphatic carbocycles. The van der Waals surface area contributed by atoms with Gasteiger partial charge in [-0.2, -0.15) is 0 Å². The number of hydrogen-bond acceptors (Lipinski definition) is 3. The summed E-state index contributed by atoms with van der Waals surface area (Å²) in [5, 5.41) is 11.8. The second-order valence-corrected chi connectivity index (χ2v) is 6.96. The van der Waals surface area contributed by atoms with Gasteiger partial charge < -0.3 is 10.4 Å². The smallest absolute Gasteiger partial charge is 0.345 e. The van der Waals surface area contributed by atoms with Gasteiger partial charge in [-0.15, -0.1) is 11.3 Å². The number of carboxylic acid groups (broad SMARTS) is 1. The van der Waals surface area contributed by atoms with Gasteiger partial charge in [-0.3, -0.25) is 4.79 Å². The van der Waals surface area contributed by atoms with E-state index in [1.54, 1.807) is 6.07 Å². The number of nitrogens with one attached hydrogen (secondary N) is 1. The van der Waals surface area contributed by atoms with Crippen molar-refractivity contribution in [3.05, 3.63) is 21.9 Å². The first kappa shape index (κ1) is 14.1. The van der Waals surface area contributed by atoms with Crippen LogP contribution in [0.3, 0.4) is 0 Å². The van der Waals surface area contributed by atoms with Crippen molar-refractivity contribution in [1.29, 1.82) is 0 Å². The Morgan fingerprint density at radius 3 is 2.37 bits per heavy atom. The Morgan fingerprint density at radius 1 is 1.26 bits per heavy atom. The summed E-state index contributed by atoms with van der Waals surface area (Å²) in [6.45, 7) is 4.51. The Hall–Kier alpha value is -1.36. The molecule has 0 bridgehead atoms. The zero-order valence-corrected chi connectivity index (χ0v) is 12.0. The third-order valence-electron chi connectivity index (χ3n) is 3.71. The van der Waals surface area contributed by atoms with E-state index in [-0.39, 0.29) is 16.8 Å². The molecule has 1 amide bonds. The Morgan fingerprint density at radius 2 is 1.84 bits per heavy atom. The molecule has 2 N–H and O–H groups in total. The van der Waals surface area contributed by atoms with E-state index in [4.69, 9.17) is 5.11 Å². The molecule has 1 heterocycles. The highest BCUT2D eigenvalue weighted by atomic mass is 32.1. The molecule has 0 spiro atoms. The minimum absolute atomic E-state index is 0.151. The quantitative estimate of drug-likeness (QED) is 0.894. The lowest BCUT2D eigenvalue weighted by atomic mass is 9.75. The minimum atomic E-state index is -0.983. The van der Waals surface area contributed by atoms with Crippen LogP contribution in [-0.2, 0) is 0 Å². The molecule has 0 saturated heterocycles. The highest BCUT2D eigenvalue weighted by Gasteiger charge is 2.28. The average Bonchev–Trinajstić information content (AvgIpc) is 2.81. The van der Waals surface area contributed by atoms with Crippen LogP contribution in [-0.4, -0.2) is 23.0 Å². The number of amides is 1. The van der Waals surface area contributed by atoms with Crippen molar-refractivity contribution in [3.8, 4) is 0 Å². The molecular formula is C14H19NO3S. The van der Waals surface area contributed by atoms with Crippen LogP contribution in [0.25, 0.3) is 0 Å². The standard InChI is InChI=1S/C14H19NO3S/c1-14(2)7-5-9(6-8-14)15-12(16)10-3-4-11(19-10)13(17)18/h3-4,9H,5-8H2,1-2H3,(H,15,16)(H,17,18). The van der Waals surface area contributed by atoms with Gasteiger partial charge >= 0.3 is 5.97 Å². The van der Waals surface area contributed by atoms with Crippen LogP contribution < -0.4 is 5.32 Å². The number of carboxylic acids is 1. The van der Waals surface area contributed by atoms with Gasteiger partial charge in [-0.1, -0.05) is 13.8 Å². The van der Waals surface area contributed by atoms with Crippen molar-refractivity contribution in [1.82, 2.24) is 5.32 Å². The summed E-state index contributed by atoms with van der Waals surface area (Å²) in [5.74, 6) is -1.13. The second-order valence-electron chi connectivity index (χ2n) is 5.88. The summed E-state index contributed by atoms with van der Waals surface area (Å²) in [6, 6.07) is 3.28. The van der Waals surface area contributed by atoms with E-state index in [9.17, 15) is 9.59 Å². The molecule has 0 radical (unpaired) electrons. The molecule has 1 aromatic heterocycles. The molecule has 1 fully saturated rings. The van der Waals surface area contributed by atoms with Crippen LogP contribution in [0.1, 0.15) is 58.9 Å². The Bertz CT molecular complexity index is 483. The Labute approximate surface area is 116 Å².